The van der Waals surface area contributed by atoms with Gasteiger partial charge in [-0.25, -0.2) is 0 Å². The molecule has 228 valence electrons. The Kier molecular flexibility index (Phi) is 25.8. The Morgan fingerprint density at radius 1 is 0.667 bits per heavy atom. The van der Waals surface area contributed by atoms with Crippen LogP contribution >= 0.6 is 0 Å². The molecule has 0 aliphatic heterocycles. The lowest BCUT2D eigenvalue weighted by atomic mass is 10.1. The minimum atomic E-state index is -4.34. The molecule has 0 rings (SSSR count). The second kappa shape index (κ2) is 26.8. The molecular weight excluding hydrogens is 510 g/mol. The smallest absolute Gasteiger partial charge is 0.267 e. The SMILES string of the molecule is CCC/C=C\CCCCCCCC(=O)NC(CS(=O)(=O)O)C(O)/C=C/CC/C=C/CCCCCCCCCC. The highest BCUT2D eigenvalue weighted by Crippen LogP contribution is 2.11. The number of aliphatic hydroxyl groups is 1. The minimum Gasteiger partial charge on any atom is -0.387 e. The first-order chi connectivity index (χ1) is 18.8. The van der Waals surface area contributed by atoms with Crippen LogP contribution in [0.1, 0.15) is 142 Å². The fourth-order valence-electron chi connectivity index (χ4n) is 4.41. The number of allylic oxidation sites excluding steroid dienone is 5. The third-order valence-corrected chi connectivity index (χ3v) is 7.55. The van der Waals surface area contributed by atoms with Gasteiger partial charge in [-0.15, -0.1) is 0 Å². The molecule has 7 heteroatoms. The van der Waals surface area contributed by atoms with Gasteiger partial charge in [0.15, 0.2) is 0 Å². The van der Waals surface area contributed by atoms with E-state index in [0.717, 1.165) is 51.4 Å². The summed E-state index contributed by atoms with van der Waals surface area (Å²) in [7, 11) is -4.34. The lowest BCUT2D eigenvalue weighted by Crippen LogP contribution is -2.46. The highest BCUT2D eigenvalue weighted by molar-refractivity contribution is 7.85. The number of carbonyl (C=O) groups is 1. The highest BCUT2D eigenvalue weighted by atomic mass is 32.2. The fraction of sp³-hybridized carbons (Fsp3) is 0.781. The maximum absolute atomic E-state index is 12.3. The van der Waals surface area contributed by atoms with E-state index < -0.39 is 28.0 Å². The molecule has 2 atom stereocenters. The molecule has 0 radical (unpaired) electrons. The van der Waals surface area contributed by atoms with E-state index >= 15 is 0 Å². The summed E-state index contributed by atoms with van der Waals surface area (Å²) in [4.78, 5) is 12.3. The van der Waals surface area contributed by atoms with E-state index in [1.807, 2.05) is 0 Å². The van der Waals surface area contributed by atoms with E-state index in [1.165, 1.54) is 63.9 Å². The topological polar surface area (TPSA) is 104 Å². The van der Waals surface area contributed by atoms with Crippen LogP contribution in [-0.2, 0) is 14.9 Å². The van der Waals surface area contributed by atoms with E-state index in [4.69, 9.17) is 0 Å². The Morgan fingerprint density at radius 3 is 1.72 bits per heavy atom. The molecule has 39 heavy (non-hydrogen) atoms. The monoisotopic (exact) mass is 569 g/mol. The zero-order valence-corrected chi connectivity index (χ0v) is 25.8. The van der Waals surface area contributed by atoms with Crippen molar-refractivity contribution in [3.05, 3.63) is 36.5 Å². The quantitative estimate of drug-likeness (QED) is 0.0525. The lowest BCUT2D eigenvalue weighted by molar-refractivity contribution is -0.122. The number of aliphatic hydroxyl groups excluding tert-OH is 1. The second-order valence-electron chi connectivity index (χ2n) is 10.7. The van der Waals surface area contributed by atoms with Crippen molar-refractivity contribution in [3.63, 3.8) is 0 Å². The first-order valence-corrected chi connectivity index (χ1v) is 17.3. The van der Waals surface area contributed by atoms with Crippen molar-refractivity contribution in [2.24, 2.45) is 0 Å². The first-order valence-electron chi connectivity index (χ1n) is 15.7. The van der Waals surface area contributed by atoms with Crippen molar-refractivity contribution in [1.29, 1.82) is 0 Å². The summed E-state index contributed by atoms with van der Waals surface area (Å²) in [6.45, 7) is 4.41. The van der Waals surface area contributed by atoms with Crippen molar-refractivity contribution in [2.45, 2.75) is 154 Å². The number of rotatable bonds is 27. The number of amides is 1. The van der Waals surface area contributed by atoms with Crippen LogP contribution in [0.4, 0.5) is 0 Å². The van der Waals surface area contributed by atoms with Crippen molar-refractivity contribution in [2.75, 3.05) is 5.75 Å². The van der Waals surface area contributed by atoms with Gasteiger partial charge in [-0.3, -0.25) is 9.35 Å². The molecule has 1 amide bonds. The summed E-state index contributed by atoms with van der Waals surface area (Å²) >= 11 is 0. The van der Waals surface area contributed by atoms with Gasteiger partial charge in [0.2, 0.25) is 5.91 Å². The Bertz CT molecular complexity index is 761. The van der Waals surface area contributed by atoms with Crippen molar-refractivity contribution in [3.8, 4) is 0 Å². The average molecular weight is 570 g/mol. The Hall–Kier alpha value is -1.44. The molecule has 0 aromatic rings. The molecule has 0 aliphatic carbocycles. The zero-order valence-electron chi connectivity index (χ0n) is 25.0. The number of unbranched alkanes of at least 4 members (excludes halogenated alkanes) is 15. The molecule has 0 heterocycles. The molecule has 0 aliphatic rings. The van der Waals surface area contributed by atoms with Crippen LogP contribution < -0.4 is 5.32 Å². The van der Waals surface area contributed by atoms with E-state index in [9.17, 15) is 22.9 Å². The normalized spacial score (nSPS) is 14.1. The summed E-state index contributed by atoms with van der Waals surface area (Å²) in [6.07, 6.45) is 32.7. The number of nitrogens with one attached hydrogen (secondary N) is 1. The van der Waals surface area contributed by atoms with Gasteiger partial charge in [-0.2, -0.15) is 8.42 Å². The van der Waals surface area contributed by atoms with Crippen LogP contribution in [0.2, 0.25) is 0 Å². The van der Waals surface area contributed by atoms with Crippen LogP contribution in [0, 0.1) is 0 Å². The van der Waals surface area contributed by atoms with E-state index in [-0.39, 0.29) is 12.3 Å². The van der Waals surface area contributed by atoms with Gasteiger partial charge in [0.05, 0.1) is 17.9 Å². The minimum absolute atomic E-state index is 0.276. The molecule has 0 aromatic carbocycles. The van der Waals surface area contributed by atoms with Crippen LogP contribution in [-0.4, -0.2) is 41.9 Å². The predicted molar refractivity (Wildman–Crippen MR) is 165 cm³/mol. The van der Waals surface area contributed by atoms with Crippen LogP contribution in [0.5, 0.6) is 0 Å². The lowest BCUT2D eigenvalue weighted by Gasteiger charge is -2.21. The molecule has 0 fully saturated rings. The molecule has 2 unspecified atom stereocenters. The number of hydrogen-bond acceptors (Lipinski definition) is 4. The molecule has 0 saturated carbocycles. The fourth-order valence-corrected chi connectivity index (χ4v) is 5.14. The van der Waals surface area contributed by atoms with Crippen molar-refractivity contribution < 1.29 is 22.9 Å². The standard InChI is InChI=1S/C32H59NO5S/c1-3-5-7-9-11-13-15-16-17-18-19-21-23-25-27-31(34)30(29-39(36,37)38)33-32(35)28-26-24-22-20-14-12-10-8-6-4-2/h8,10,18-19,25,27,30-31,34H,3-7,9,11-17,20-24,26,28-29H2,1-2H3,(H,33,35)(H,36,37,38)/b10-8-,19-18+,27-25+. The highest BCUT2D eigenvalue weighted by Gasteiger charge is 2.24. The van der Waals surface area contributed by atoms with Gasteiger partial charge in [0.1, 0.15) is 0 Å². The number of carbonyl (C=O) groups excluding carboxylic acids is 1. The van der Waals surface area contributed by atoms with Gasteiger partial charge in [0, 0.05) is 6.42 Å². The summed E-state index contributed by atoms with van der Waals surface area (Å²) in [5, 5.41) is 13.1. The maximum atomic E-state index is 12.3. The summed E-state index contributed by atoms with van der Waals surface area (Å²) in [5.41, 5.74) is 0. The Labute approximate surface area is 240 Å². The van der Waals surface area contributed by atoms with Crippen LogP contribution in [0.25, 0.3) is 0 Å². The van der Waals surface area contributed by atoms with Crippen LogP contribution in [0.15, 0.2) is 36.5 Å². The van der Waals surface area contributed by atoms with E-state index in [0.29, 0.717) is 12.8 Å². The van der Waals surface area contributed by atoms with E-state index in [2.05, 4.69) is 43.5 Å². The molecule has 0 aromatic heterocycles. The predicted octanol–water partition coefficient (Wildman–Crippen LogP) is 8.23. The molecule has 0 bridgehead atoms. The molecular formula is C32H59NO5S. The van der Waals surface area contributed by atoms with Crippen LogP contribution in [0.3, 0.4) is 0 Å². The largest absolute Gasteiger partial charge is 0.387 e. The third-order valence-electron chi connectivity index (χ3n) is 6.77. The zero-order chi connectivity index (χ0) is 29.0. The van der Waals surface area contributed by atoms with Gasteiger partial charge in [-0.1, -0.05) is 121 Å². The van der Waals surface area contributed by atoms with Gasteiger partial charge >= 0.3 is 0 Å². The second-order valence-corrected chi connectivity index (χ2v) is 12.2. The third kappa shape index (κ3) is 27.9. The molecule has 3 N–H and O–H groups in total. The van der Waals surface area contributed by atoms with Crippen molar-refractivity contribution in [1.82, 2.24) is 5.32 Å². The van der Waals surface area contributed by atoms with Crippen molar-refractivity contribution >= 4 is 16.0 Å². The Balaban J connectivity index is 4.16. The average Bonchev–Trinajstić information content (AvgIpc) is 2.88. The Morgan fingerprint density at radius 2 is 1.15 bits per heavy atom. The van der Waals surface area contributed by atoms with Gasteiger partial charge in [-0.05, 0) is 51.4 Å². The van der Waals surface area contributed by atoms with Gasteiger partial charge < -0.3 is 10.4 Å². The first kappa shape index (κ1) is 37.6. The van der Waals surface area contributed by atoms with E-state index in [1.54, 1.807) is 6.08 Å². The maximum Gasteiger partial charge on any atom is 0.267 e. The molecule has 0 saturated heterocycles. The summed E-state index contributed by atoms with van der Waals surface area (Å²) in [6, 6.07) is -1.07. The summed E-state index contributed by atoms with van der Waals surface area (Å²) in [5.74, 6) is -1.02. The molecule has 0 spiro atoms. The molecule has 6 nitrogen and oxygen atoms in total. The number of hydrogen-bond donors (Lipinski definition) is 3. The van der Waals surface area contributed by atoms with Gasteiger partial charge in [0.25, 0.3) is 10.1 Å². The summed E-state index contributed by atoms with van der Waals surface area (Å²) < 4.78 is 32.1.